The predicted octanol–water partition coefficient (Wildman–Crippen LogP) is 3.59. The third-order valence-electron chi connectivity index (χ3n) is 5.08. The van der Waals surface area contributed by atoms with Gasteiger partial charge in [0, 0.05) is 36.8 Å². The van der Waals surface area contributed by atoms with Crippen molar-refractivity contribution in [3.05, 3.63) is 48.4 Å². The third kappa shape index (κ3) is 5.07. The van der Waals surface area contributed by atoms with Crippen LogP contribution in [0, 0.1) is 6.92 Å². The summed E-state index contributed by atoms with van der Waals surface area (Å²) in [5, 5.41) is 7.54. The topological polar surface area (TPSA) is 77.3 Å². The molecule has 1 aliphatic heterocycles. The number of hydrogen-bond donors (Lipinski definition) is 1. The molecule has 3 heterocycles. The summed E-state index contributed by atoms with van der Waals surface area (Å²) in [5.41, 5.74) is 1.91. The van der Waals surface area contributed by atoms with Gasteiger partial charge in [-0.1, -0.05) is 0 Å². The highest BCUT2D eigenvalue weighted by Crippen LogP contribution is 2.31. The van der Waals surface area contributed by atoms with Crippen molar-refractivity contribution in [1.29, 1.82) is 0 Å². The van der Waals surface area contributed by atoms with Crippen LogP contribution >= 0.6 is 0 Å². The molecule has 1 saturated heterocycles. The zero-order valence-electron chi connectivity index (χ0n) is 17.5. The molecular weight excluding hydrogens is 380 g/mol. The summed E-state index contributed by atoms with van der Waals surface area (Å²) in [4.78, 5) is 11.4. The van der Waals surface area contributed by atoms with Crippen molar-refractivity contribution in [1.82, 2.24) is 24.6 Å². The average molecular weight is 409 g/mol. The van der Waals surface area contributed by atoms with Crippen molar-refractivity contribution in [2.24, 2.45) is 0 Å². The number of hydrogen-bond acceptors (Lipinski definition) is 7. The Hall–Kier alpha value is -3.13. The van der Waals surface area contributed by atoms with Gasteiger partial charge in [-0.25, -0.2) is 9.67 Å². The average Bonchev–Trinajstić information content (AvgIpc) is 3.43. The van der Waals surface area contributed by atoms with Gasteiger partial charge in [0.15, 0.2) is 17.3 Å². The molecule has 3 aromatic rings. The number of anilines is 2. The quantitative estimate of drug-likeness (QED) is 0.542. The smallest absolute Gasteiger partial charge is 0.229 e. The minimum atomic E-state index is 0.491. The van der Waals surface area contributed by atoms with E-state index in [1.54, 1.807) is 24.2 Å². The Morgan fingerprint density at radius 2 is 2.00 bits per heavy atom. The zero-order chi connectivity index (χ0) is 20.8. The molecule has 8 heteroatoms. The molecule has 1 N–H and O–H groups in total. The maximum atomic E-state index is 6.02. The van der Waals surface area contributed by atoms with Crippen LogP contribution in [-0.4, -0.2) is 58.0 Å². The van der Waals surface area contributed by atoms with E-state index < -0.39 is 0 Å². The van der Waals surface area contributed by atoms with Crippen molar-refractivity contribution >= 4 is 11.6 Å². The predicted molar refractivity (Wildman–Crippen MR) is 116 cm³/mol. The van der Waals surface area contributed by atoms with Gasteiger partial charge in [0.25, 0.3) is 0 Å². The van der Waals surface area contributed by atoms with Crippen molar-refractivity contribution in [2.75, 3.05) is 38.7 Å². The van der Waals surface area contributed by atoms with Crippen LogP contribution in [0.25, 0.3) is 5.82 Å². The van der Waals surface area contributed by atoms with Crippen LogP contribution in [-0.2, 0) is 0 Å². The first-order valence-corrected chi connectivity index (χ1v) is 10.4. The Morgan fingerprint density at radius 1 is 1.13 bits per heavy atom. The van der Waals surface area contributed by atoms with Gasteiger partial charge in [0.05, 0.1) is 19.9 Å². The number of ether oxygens (including phenoxy) is 2. The maximum absolute atomic E-state index is 6.02. The van der Waals surface area contributed by atoms with E-state index in [9.17, 15) is 0 Å². The molecule has 30 heavy (non-hydrogen) atoms. The van der Waals surface area contributed by atoms with Crippen LogP contribution in [0.4, 0.5) is 11.6 Å². The molecule has 0 saturated carbocycles. The fourth-order valence-corrected chi connectivity index (χ4v) is 3.55. The molecule has 4 rings (SSSR count). The summed E-state index contributed by atoms with van der Waals surface area (Å²) in [7, 11) is 1.65. The number of methoxy groups -OCH3 is 1. The second-order valence-electron chi connectivity index (χ2n) is 7.44. The highest BCUT2D eigenvalue weighted by atomic mass is 16.5. The van der Waals surface area contributed by atoms with Crippen LogP contribution in [0.5, 0.6) is 11.5 Å². The van der Waals surface area contributed by atoms with Gasteiger partial charge in [0.1, 0.15) is 0 Å². The second kappa shape index (κ2) is 9.58. The van der Waals surface area contributed by atoms with Crippen molar-refractivity contribution in [3.63, 3.8) is 0 Å². The summed E-state index contributed by atoms with van der Waals surface area (Å²) >= 11 is 0. The molecule has 0 radical (unpaired) electrons. The molecule has 0 bridgehead atoms. The minimum Gasteiger partial charge on any atom is -0.493 e. The van der Waals surface area contributed by atoms with Crippen molar-refractivity contribution in [3.8, 4) is 17.3 Å². The molecule has 0 unspecified atom stereocenters. The SMILES string of the molecule is COc1ccc(Nc2nccc(-n3cc(C)cn3)n2)cc1OCCCN1CCCC1. The molecule has 2 aromatic heterocycles. The molecule has 0 atom stereocenters. The fraction of sp³-hybridized carbons (Fsp3) is 0.409. The van der Waals surface area contributed by atoms with Crippen molar-refractivity contribution < 1.29 is 9.47 Å². The minimum absolute atomic E-state index is 0.491. The van der Waals surface area contributed by atoms with Gasteiger partial charge in [-0.3, -0.25) is 0 Å². The van der Waals surface area contributed by atoms with Crippen LogP contribution in [0.1, 0.15) is 24.8 Å². The first-order valence-electron chi connectivity index (χ1n) is 10.4. The van der Waals surface area contributed by atoms with Gasteiger partial charge in [0.2, 0.25) is 5.95 Å². The Kier molecular flexibility index (Phi) is 6.44. The number of nitrogens with zero attached hydrogens (tertiary/aromatic N) is 5. The highest BCUT2D eigenvalue weighted by Gasteiger charge is 2.12. The molecule has 1 aliphatic rings. The summed E-state index contributed by atoms with van der Waals surface area (Å²) in [6, 6.07) is 7.55. The summed E-state index contributed by atoms with van der Waals surface area (Å²) < 4.78 is 13.2. The molecular formula is C22H28N6O2. The Balaban J connectivity index is 1.41. The van der Waals surface area contributed by atoms with E-state index in [-0.39, 0.29) is 0 Å². The van der Waals surface area contributed by atoms with E-state index in [4.69, 9.17) is 9.47 Å². The summed E-state index contributed by atoms with van der Waals surface area (Å²) in [6.45, 7) is 6.14. The standard InChI is InChI=1S/C22H28N6O2/c1-17-15-24-28(16-17)21-8-9-23-22(26-21)25-18-6-7-19(29-2)20(14-18)30-13-5-12-27-10-3-4-11-27/h6-9,14-16H,3-5,10-13H2,1-2H3,(H,23,25,26). The molecule has 1 aromatic carbocycles. The lowest BCUT2D eigenvalue weighted by molar-refractivity contribution is 0.254. The zero-order valence-corrected chi connectivity index (χ0v) is 17.5. The summed E-state index contributed by atoms with van der Waals surface area (Å²) in [6.07, 6.45) is 9.05. The normalized spacial score (nSPS) is 14.1. The largest absolute Gasteiger partial charge is 0.493 e. The first kappa shape index (κ1) is 20.2. The number of likely N-dealkylation sites (tertiary alicyclic amines) is 1. The molecule has 0 aliphatic carbocycles. The lowest BCUT2D eigenvalue weighted by Crippen LogP contribution is -2.21. The van der Waals surface area contributed by atoms with Gasteiger partial charge in [-0.15, -0.1) is 0 Å². The Labute approximate surface area is 176 Å². The van der Waals surface area contributed by atoms with Gasteiger partial charge < -0.3 is 19.7 Å². The number of aromatic nitrogens is 4. The molecule has 158 valence electrons. The number of aryl methyl sites for hydroxylation is 1. The lowest BCUT2D eigenvalue weighted by atomic mass is 10.2. The monoisotopic (exact) mass is 408 g/mol. The molecule has 0 spiro atoms. The van der Waals surface area contributed by atoms with E-state index in [1.165, 1.54) is 25.9 Å². The van der Waals surface area contributed by atoms with Crippen LogP contribution in [0.2, 0.25) is 0 Å². The molecule has 0 amide bonds. The van der Waals surface area contributed by atoms with E-state index in [1.807, 2.05) is 37.4 Å². The second-order valence-corrected chi connectivity index (χ2v) is 7.44. The number of benzene rings is 1. The molecule has 8 nitrogen and oxygen atoms in total. The van der Waals surface area contributed by atoms with E-state index in [0.29, 0.717) is 29.9 Å². The van der Waals surface area contributed by atoms with Crippen LogP contribution in [0.15, 0.2) is 42.9 Å². The third-order valence-corrected chi connectivity index (χ3v) is 5.08. The summed E-state index contributed by atoms with van der Waals surface area (Å²) in [5.74, 6) is 2.62. The van der Waals surface area contributed by atoms with Gasteiger partial charge in [-0.2, -0.15) is 10.1 Å². The fourth-order valence-electron chi connectivity index (χ4n) is 3.55. The maximum Gasteiger partial charge on any atom is 0.229 e. The molecule has 1 fully saturated rings. The van der Waals surface area contributed by atoms with Crippen LogP contribution < -0.4 is 14.8 Å². The van der Waals surface area contributed by atoms with Crippen molar-refractivity contribution in [2.45, 2.75) is 26.2 Å². The number of nitrogens with one attached hydrogen (secondary N) is 1. The van der Waals surface area contributed by atoms with Gasteiger partial charge >= 0.3 is 0 Å². The highest BCUT2D eigenvalue weighted by molar-refractivity contribution is 5.60. The number of rotatable bonds is 9. The van der Waals surface area contributed by atoms with E-state index in [0.717, 1.165) is 24.2 Å². The van der Waals surface area contributed by atoms with E-state index >= 15 is 0 Å². The van der Waals surface area contributed by atoms with Crippen LogP contribution in [0.3, 0.4) is 0 Å². The Morgan fingerprint density at radius 3 is 2.77 bits per heavy atom. The lowest BCUT2D eigenvalue weighted by Gasteiger charge is -2.16. The first-order chi connectivity index (χ1) is 14.7. The Bertz CT molecular complexity index is 968. The van der Waals surface area contributed by atoms with Gasteiger partial charge in [-0.05, 0) is 57.0 Å². The van der Waals surface area contributed by atoms with E-state index in [2.05, 4.69) is 25.3 Å².